The Morgan fingerprint density at radius 1 is 1.14 bits per heavy atom. The van der Waals surface area contributed by atoms with Gasteiger partial charge in [0.05, 0.1) is 7.11 Å². The molecule has 0 spiro atoms. The van der Waals surface area contributed by atoms with E-state index in [2.05, 4.69) is 26.0 Å². The van der Waals surface area contributed by atoms with Gasteiger partial charge in [0.15, 0.2) is 0 Å². The van der Waals surface area contributed by atoms with Crippen LogP contribution >= 0.6 is 0 Å². The molecule has 0 amide bonds. The number of hydrogen-bond acceptors (Lipinski definition) is 1. The molecule has 0 aliphatic rings. The highest BCUT2D eigenvalue weighted by molar-refractivity contribution is 5.28. The van der Waals surface area contributed by atoms with Crippen LogP contribution in [0.2, 0.25) is 0 Å². The van der Waals surface area contributed by atoms with Gasteiger partial charge in [-0.1, -0.05) is 39.8 Å². The minimum atomic E-state index is 0.649. The summed E-state index contributed by atoms with van der Waals surface area (Å²) >= 11 is 0. The van der Waals surface area contributed by atoms with Crippen LogP contribution in [0.3, 0.4) is 0 Å². The molecule has 0 saturated heterocycles. The van der Waals surface area contributed by atoms with Crippen molar-refractivity contribution in [3.05, 3.63) is 29.8 Å². The summed E-state index contributed by atoms with van der Waals surface area (Å²) in [5, 5.41) is 0. The molecule has 0 heterocycles. The van der Waals surface area contributed by atoms with Crippen molar-refractivity contribution in [2.24, 2.45) is 0 Å². The van der Waals surface area contributed by atoms with E-state index in [0.717, 1.165) is 5.75 Å². The van der Waals surface area contributed by atoms with E-state index in [9.17, 15) is 0 Å². The van der Waals surface area contributed by atoms with Crippen LogP contribution in [0.1, 0.15) is 45.6 Å². The first-order chi connectivity index (χ1) is 6.77. The second-order valence-corrected chi connectivity index (χ2v) is 3.08. The average Bonchev–Trinajstić information content (AvgIpc) is 2.31. The maximum atomic E-state index is 5.08. The molecule has 80 valence electrons. The van der Waals surface area contributed by atoms with Crippen LogP contribution in [-0.4, -0.2) is 7.11 Å². The average molecular weight is 194 g/mol. The summed E-state index contributed by atoms with van der Waals surface area (Å²) < 4.78 is 5.08. The van der Waals surface area contributed by atoms with Crippen molar-refractivity contribution in [1.29, 1.82) is 0 Å². The molecule has 14 heavy (non-hydrogen) atoms. The summed E-state index contributed by atoms with van der Waals surface area (Å²) in [6.45, 7) is 8.44. The summed E-state index contributed by atoms with van der Waals surface area (Å²) in [7, 11) is 1.69. The second kappa shape index (κ2) is 7.43. The van der Waals surface area contributed by atoms with Gasteiger partial charge in [-0.15, -0.1) is 0 Å². The van der Waals surface area contributed by atoms with E-state index in [1.807, 2.05) is 26.0 Å². The van der Waals surface area contributed by atoms with E-state index in [4.69, 9.17) is 4.74 Å². The Morgan fingerprint density at radius 2 is 1.64 bits per heavy atom. The van der Waals surface area contributed by atoms with Crippen LogP contribution in [-0.2, 0) is 0 Å². The van der Waals surface area contributed by atoms with E-state index in [0.29, 0.717) is 5.92 Å². The molecule has 0 aliphatic heterocycles. The van der Waals surface area contributed by atoms with Crippen molar-refractivity contribution < 1.29 is 4.74 Å². The highest BCUT2D eigenvalue weighted by Gasteiger charge is 2.01. The van der Waals surface area contributed by atoms with Gasteiger partial charge in [-0.25, -0.2) is 0 Å². The van der Waals surface area contributed by atoms with E-state index < -0.39 is 0 Å². The Bertz CT molecular complexity index is 225. The Balaban J connectivity index is 0.000000791. The van der Waals surface area contributed by atoms with Crippen molar-refractivity contribution in [1.82, 2.24) is 0 Å². The quantitative estimate of drug-likeness (QED) is 0.699. The SMILES string of the molecule is CC.CCC(C)c1ccc(OC)cc1. The van der Waals surface area contributed by atoms with Crippen LogP contribution < -0.4 is 4.74 Å². The molecule has 0 saturated carbocycles. The molecular formula is C13H22O. The molecule has 1 aromatic carbocycles. The summed E-state index contributed by atoms with van der Waals surface area (Å²) in [6.07, 6.45) is 1.19. The lowest BCUT2D eigenvalue weighted by Gasteiger charge is -2.08. The van der Waals surface area contributed by atoms with Crippen LogP contribution in [0.25, 0.3) is 0 Å². The first-order valence-corrected chi connectivity index (χ1v) is 5.42. The molecule has 1 atom stereocenters. The Hall–Kier alpha value is -0.980. The fourth-order valence-electron chi connectivity index (χ4n) is 1.17. The third-order valence-electron chi connectivity index (χ3n) is 2.30. The Labute approximate surface area is 88.1 Å². The topological polar surface area (TPSA) is 9.23 Å². The van der Waals surface area contributed by atoms with Gasteiger partial charge in [0.2, 0.25) is 0 Å². The summed E-state index contributed by atoms with van der Waals surface area (Å²) in [5.74, 6) is 1.58. The number of hydrogen-bond donors (Lipinski definition) is 0. The maximum absolute atomic E-state index is 5.08. The van der Waals surface area contributed by atoms with Gasteiger partial charge in [0, 0.05) is 0 Å². The molecule has 1 unspecified atom stereocenters. The maximum Gasteiger partial charge on any atom is 0.118 e. The van der Waals surface area contributed by atoms with Crippen LogP contribution in [0.4, 0.5) is 0 Å². The van der Waals surface area contributed by atoms with Crippen molar-refractivity contribution >= 4 is 0 Å². The molecule has 0 N–H and O–H groups in total. The molecule has 1 heteroatoms. The van der Waals surface area contributed by atoms with E-state index in [1.54, 1.807) is 7.11 Å². The van der Waals surface area contributed by atoms with E-state index in [1.165, 1.54) is 12.0 Å². The van der Waals surface area contributed by atoms with Gasteiger partial charge < -0.3 is 4.74 Å². The van der Waals surface area contributed by atoms with Crippen LogP contribution in [0.5, 0.6) is 5.75 Å². The fourth-order valence-corrected chi connectivity index (χ4v) is 1.17. The largest absolute Gasteiger partial charge is 0.497 e. The van der Waals surface area contributed by atoms with Gasteiger partial charge in [0.25, 0.3) is 0 Å². The second-order valence-electron chi connectivity index (χ2n) is 3.08. The molecule has 0 radical (unpaired) electrons. The lowest BCUT2D eigenvalue weighted by Crippen LogP contribution is -1.90. The number of rotatable bonds is 3. The van der Waals surface area contributed by atoms with Gasteiger partial charge in [-0.05, 0) is 30.0 Å². The molecule has 0 bridgehead atoms. The predicted octanol–water partition coefficient (Wildman–Crippen LogP) is 4.23. The lowest BCUT2D eigenvalue weighted by atomic mass is 9.99. The lowest BCUT2D eigenvalue weighted by molar-refractivity contribution is 0.414. The third kappa shape index (κ3) is 3.82. The smallest absolute Gasteiger partial charge is 0.118 e. The monoisotopic (exact) mass is 194 g/mol. The third-order valence-corrected chi connectivity index (χ3v) is 2.30. The molecule has 0 aliphatic carbocycles. The Morgan fingerprint density at radius 3 is 2.00 bits per heavy atom. The molecule has 1 nitrogen and oxygen atoms in total. The summed E-state index contributed by atoms with van der Waals surface area (Å²) in [6, 6.07) is 8.29. The van der Waals surface area contributed by atoms with E-state index in [-0.39, 0.29) is 0 Å². The fraction of sp³-hybridized carbons (Fsp3) is 0.538. The normalized spacial score (nSPS) is 11.2. The molecule has 1 rings (SSSR count). The van der Waals surface area contributed by atoms with Crippen LogP contribution in [0.15, 0.2) is 24.3 Å². The van der Waals surface area contributed by atoms with Gasteiger partial charge >= 0.3 is 0 Å². The zero-order valence-corrected chi connectivity index (χ0v) is 10.0. The first-order valence-electron chi connectivity index (χ1n) is 5.42. The summed E-state index contributed by atoms with van der Waals surface area (Å²) in [4.78, 5) is 0. The zero-order valence-electron chi connectivity index (χ0n) is 10.0. The zero-order chi connectivity index (χ0) is 11.0. The standard InChI is InChI=1S/C11H16O.C2H6/c1-4-9(2)10-5-7-11(12-3)8-6-10;1-2/h5-9H,4H2,1-3H3;1-2H3. The van der Waals surface area contributed by atoms with E-state index >= 15 is 0 Å². The molecule has 0 fully saturated rings. The highest BCUT2D eigenvalue weighted by Crippen LogP contribution is 2.20. The van der Waals surface area contributed by atoms with Crippen molar-refractivity contribution in [2.75, 3.05) is 7.11 Å². The van der Waals surface area contributed by atoms with Gasteiger partial charge in [-0.3, -0.25) is 0 Å². The minimum Gasteiger partial charge on any atom is -0.497 e. The molecular weight excluding hydrogens is 172 g/mol. The van der Waals surface area contributed by atoms with Crippen molar-refractivity contribution in [3.63, 3.8) is 0 Å². The number of ether oxygens (including phenoxy) is 1. The number of methoxy groups -OCH3 is 1. The van der Waals surface area contributed by atoms with Gasteiger partial charge in [0.1, 0.15) is 5.75 Å². The highest BCUT2D eigenvalue weighted by atomic mass is 16.5. The van der Waals surface area contributed by atoms with Crippen molar-refractivity contribution in [2.45, 2.75) is 40.0 Å². The summed E-state index contributed by atoms with van der Waals surface area (Å²) in [5.41, 5.74) is 1.39. The predicted molar refractivity (Wildman–Crippen MR) is 63.0 cm³/mol. The Kier molecular flexibility index (Phi) is 6.91. The van der Waals surface area contributed by atoms with Gasteiger partial charge in [-0.2, -0.15) is 0 Å². The molecule has 1 aromatic rings. The minimum absolute atomic E-state index is 0.649. The van der Waals surface area contributed by atoms with Crippen molar-refractivity contribution in [3.8, 4) is 5.75 Å². The van der Waals surface area contributed by atoms with Crippen LogP contribution in [0, 0.1) is 0 Å². The molecule has 0 aromatic heterocycles. The number of benzene rings is 1. The first kappa shape index (κ1) is 13.0.